The third kappa shape index (κ3) is 4.23. The lowest BCUT2D eigenvalue weighted by atomic mass is 9.88. The Morgan fingerprint density at radius 2 is 1.64 bits per heavy atom. The second-order valence-electron chi connectivity index (χ2n) is 4.34. The molecule has 0 aromatic heterocycles. The van der Waals surface area contributed by atoms with Gasteiger partial charge < -0.3 is 5.11 Å². The fraction of sp³-hybridized carbons (Fsp3) is 0.917. The summed E-state index contributed by atoms with van der Waals surface area (Å²) in [4.78, 5) is 4.45. The maximum absolute atomic E-state index is 10.4. The molecule has 0 radical (unpaired) electrons. The monoisotopic (exact) mass is 199 g/mol. The molecule has 0 aliphatic carbocycles. The van der Waals surface area contributed by atoms with E-state index in [9.17, 15) is 5.11 Å². The SMILES string of the molecule is CCCC(O)(CCC)C(C)=NC(C)C. The van der Waals surface area contributed by atoms with Crippen molar-refractivity contribution in [1.29, 1.82) is 0 Å². The van der Waals surface area contributed by atoms with Crippen LogP contribution in [0.3, 0.4) is 0 Å². The number of hydrogen-bond donors (Lipinski definition) is 1. The second-order valence-corrected chi connectivity index (χ2v) is 4.34. The van der Waals surface area contributed by atoms with Crippen LogP contribution in [0.1, 0.15) is 60.3 Å². The van der Waals surface area contributed by atoms with Gasteiger partial charge in [0.15, 0.2) is 0 Å². The number of aliphatic hydroxyl groups is 1. The normalized spacial score (nSPS) is 13.8. The minimum Gasteiger partial charge on any atom is -0.384 e. The fourth-order valence-electron chi connectivity index (χ4n) is 1.82. The van der Waals surface area contributed by atoms with Crippen molar-refractivity contribution in [1.82, 2.24) is 0 Å². The van der Waals surface area contributed by atoms with Gasteiger partial charge in [-0.1, -0.05) is 26.7 Å². The third-order valence-electron chi connectivity index (χ3n) is 2.45. The van der Waals surface area contributed by atoms with E-state index in [0.29, 0.717) is 0 Å². The summed E-state index contributed by atoms with van der Waals surface area (Å²) in [5.41, 5.74) is 0.240. The average molecular weight is 199 g/mol. The van der Waals surface area contributed by atoms with E-state index in [1.54, 1.807) is 0 Å². The van der Waals surface area contributed by atoms with Crippen LogP contribution in [0.2, 0.25) is 0 Å². The lowest BCUT2D eigenvalue weighted by Gasteiger charge is -2.28. The Bertz CT molecular complexity index is 179. The molecule has 0 rings (SSSR count). The van der Waals surface area contributed by atoms with E-state index in [1.807, 2.05) is 20.8 Å². The molecule has 0 spiro atoms. The van der Waals surface area contributed by atoms with Gasteiger partial charge in [0, 0.05) is 11.8 Å². The summed E-state index contributed by atoms with van der Waals surface area (Å²) in [5.74, 6) is 0. The van der Waals surface area contributed by atoms with Gasteiger partial charge in [0.2, 0.25) is 0 Å². The lowest BCUT2D eigenvalue weighted by molar-refractivity contribution is 0.0899. The first-order valence-corrected chi connectivity index (χ1v) is 5.73. The summed E-state index contributed by atoms with van der Waals surface area (Å²) >= 11 is 0. The Labute approximate surface area is 88.4 Å². The van der Waals surface area contributed by atoms with E-state index in [-0.39, 0.29) is 6.04 Å². The topological polar surface area (TPSA) is 32.6 Å². The lowest BCUT2D eigenvalue weighted by Crippen LogP contribution is -2.37. The highest BCUT2D eigenvalue weighted by Crippen LogP contribution is 2.22. The predicted molar refractivity (Wildman–Crippen MR) is 63.0 cm³/mol. The molecule has 0 heterocycles. The summed E-state index contributed by atoms with van der Waals surface area (Å²) in [5, 5.41) is 10.4. The Balaban J connectivity index is 4.62. The first-order chi connectivity index (χ1) is 6.46. The van der Waals surface area contributed by atoms with Crippen LogP contribution in [-0.2, 0) is 0 Å². The molecule has 0 amide bonds. The molecule has 2 nitrogen and oxygen atoms in total. The summed E-state index contributed by atoms with van der Waals surface area (Å²) in [6, 6.07) is 0.273. The largest absolute Gasteiger partial charge is 0.384 e. The molecule has 0 bridgehead atoms. The molecule has 0 unspecified atom stereocenters. The predicted octanol–water partition coefficient (Wildman–Crippen LogP) is 3.19. The van der Waals surface area contributed by atoms with E-state index in [2.05, 4.69) is 18.8 Å². The highest BCUT2D eigenvalue weighted by molar-refractivity contribution is 5.90. The first-order valence-electron chi connectivity index (χ1n) is 5.73. The van der Waals surface area contributed by atoms with E-state index >= 15 is 0 Å². The van der Waals surface area contributed by atoms with Crippen LogP contribution in [-0.4, -0.2) is 22.5 Å². The van der Waals surface area contributed by atoms with Crippen molar-refractivity contribution in [3.05, 3.63) is 0 Å². The Kier molecular flexibility index (Phi) is 6.01. The molecular weight excluding hydrogens is 174 g/mol. The molecule has 0 saturated carbocycles. The highest BCUT2D eigenvalue weighted by atomic mass is 16.3. The Morgan fingerprint density at radius 1 is 1.21 bits per heavy atom. The van der Waals surface area contributed by atoms with Crippen LogP contribution in [0.5, 0.6) is 0 Å². The maximum atomic E-state index is 10.4. The molecule has 0 fully saturated rings. The number of aliphatic imine (C=N–C) groups is 1. The van der Waals surface area contributed by atoms with Gasteiger partial charge in [-0.25, -0.2) is 0 Å². The van der Waals surface area contributed by atoms with Crippen molar-refractivity contribution < 1.29 is 5.11 Å². The van der Waals surface area contributed by atoms with E-state index in [4.69, 9.17) is 0 Å². The number of nitrogens with zero attached hydrogens (tertiary/aromatic N) is 1. The van der Waals surface area contributed by atoms with Gasteiger partial charge in [-0.05, 0) is 33.6 Å². The second kappa shape index (κ2) is 6.18. The van der Waals surface area contributed by atoms with Gasteiger partial charge in [-0.15, -0.1) is 0 Å². The van der Waals surface area contributed by atoms with Gasteiger partial charge in [-0.3, -0.25) is 4.99 Å². The van der Waals surface area contributed by atoms with Crippen LogP contribution >= 0.6 is 0 Å². The Morgan fingerprint density at radius 3 is 1.93 bits per heavy atom. The molecule has 0 saturated heterocycles. The molecule has 1 N–H and O–H groups in total. The number of rotatable bonds is 6. The first kappa shape index (κ1) is 13.6. The van der Waals surface area contributed by atoms with E-state index in [1.165, 1.54) is 0 Å². The Hall–Kier alpha value is -0.370. The van der Waals surface area contributed by atoms with Crippen molar-refractivity contribution in [2.75, 3.05) is 0 Å². The van der Waals surface area contributed by atoms with Crippen LogP contribution in [0.4, 0.5) is 0 Å². The minimum absolute atomic E-state index is 0.273. The van der Waals surface area contributed by atoms with Crippen molar-refractivity contribution in [2.24, 2.45) is 4.99 Å². The van der Waals surface area contributed by atoms with Gasteiger partial charge in [0.25, 0.3) is 0 Å². The molecule has 0 aliphatic rings. The van der Waals surface area contributed by atoms with Crippen LogP contribution < -0.4 is 0 Å². The van der Waals surface area contributed by atoms with Gasteiger partial charge >= 0.3 is 0 Å². The van der Waals surface area contributed by atoms with E-state index < -0.39 is 5.60 Å². The summed E-state index contributed by atoms with van der Waals surface area (Å²) < 4.78 is 0. The molecule has 14 heavy (non-hydrogen) atoms. The zero-order valence-corrected chi connectivity index (χ0v) is 10.3. The molecule has 0 aliphatic heterocycles. The molecule has 84 valence electrons. The molecule has 2 heteroatoms. The quantitative estimate of drug-likeness (QED) is 0.655. The highest BCUT2D eigenvalue weighted by Gasteiger charge is 2.28. The molecule has 0 aromatic rings. The standard InChI is InChI=1S/C12H25NO/c1-6-8-12(14,9-7-2)11(5)13-10(3)4/h10,14H,6-9H2,1-5H3. The maximum Gasteiger partial charge on any atom is 0.102 e. The van der Waals surface area contributed by atoms with Crippen LogP contribution in [0.15, 0.2) is 4.99 Å². The average Bonchev–Trinajstić information content (AvgIpc) is 2.03. The summed E-state index contributed by atoms with van der Waals surface area (Å²) in [7, 11) is 0. The van der Waals surface area contributed by atoms with Gasteiger partial charge in [0.1, 0.15) is 5.60 Å². The smallest absolute Gasteiger partial charge is 0.102 e. The van der Waals surface area contributed by atoms with Crippen molar-refractivity contribution in [2.45, 2.75) is 71.9 Å². The molecule has 0 atom stereocenters. The van der Waals surface area contributed by atoms with Gasteiger partial charge in [-0.2, -0.15) is 0 Å². The fourth-order valence-corrected chi connectivity index (χ4v) is 1.82. The number of hydrogen-bond acceptors (Lipinski definition) is 2. The summed E-state index contributed by atoms with van der Waals surface area (Å²) in [6.07, 6.45) is 3.65. The molecular formula is C12H25NO. The third-order valence-corrected chi connectivity index (χ3v) is 2.45. The molecule has 0 aromatic carbocycles. The van der Waals surface area contributed by atoms with Crippen molar-refractivity contribution >= 4 is 5.71 Å². The van der Waals surface area contributed by atoms with Crippen molar-refractivity contribution in [3.63, 3.8) is 0 Å². The van der Waals surface area contributed by atoms with E-state index in [0.717, 1.165) is 31.4 Å². The summed E-state index contributed by atoms with van der Waals surface area (Å²) in [6.45, 7) is 10.2. The van der Waals surface area contributed by atoms with Crippen LogP contribution in [0.25, 0.3) is 0 Å². The van der Waals surface area contributed by atoms with Gasteiger partial charge in [0.05, 0.1) is 0 Å². The zero-order chi connectivity index (χ0) is 11.2. The zero-order valence-electron chi connectivity index (χ0n) is 10.3. The minimum atomic E-state index is -0.659. The van der Waals surface area contributed by atoms with Crippen LogP contribution in [0, 0.1) is 0 Å². The van der Waals surface area contributed by atoms with Crippen molar-refractivity contribution in [3.8, 4) is 0 Å².